The predicted molar refractivity (Wildman–Crippen MR) is 67.6 cm³/mol. The van der Waals surface area contributed by atoms with Gasteiger partial charge < -0.3 is 5.32 Å². The lowest BCUT2D eigenvalue weighted by Gasteiger charge is -2.11. The third-order valence-corrected chi connectivity index (χ3v) is 4.64. The van der Waals surface area contributed by atoms with Crippen LogP contribution in [0.5, 0.6) is 0 Å². The molecule has 0 aromatic heterocycles. The minimum absolute atomic E-state index is 0.0140. The Bertz CT molecular complexity index is 530. The Balaban J connectivity index is 2.07. The first-order valence-corrected chi connectivity index (χ1v) is 7.50. The van der Waals surface area contributed by atoms with Crippen molar-refractivity contribution in [3.8, 4) is 0 Å². The molecule has 1 atom stereocenters. The van der Waals surface area contributed by atoms with Crippen LogP contribution in [0, 0.1) is 11.7 Å². The molecule has 1 aliphatic heterocycles. The fraction of sp³-hybridized carbons (Fsp3) is 0.455. The molecule has 0 radical (unpaired) electrons. The van der Waals surface area contributed by atoms with Gasteiger partial charge in [0.15, 0.2) is 0 Å². The normalized spacial score (nSPS) is 20.2. The first-order valence-electron chi connectivity index (χ1n) is 5.64. The van der Waals surface area contributed by atoms with Gasteiger partial charge in [-0.05, 0) is 43.6 Å². The van der Waals surface area contributed by atoms with Crippen molar-refractivity contribution in [1.29, 1.82) is 0 Å². The molecule has 1 saturated heterocycles. The van der Waals surface area contributed by atoms with Crippen LogP contribution in [0.25, 0.3) is 0 Å². The highest BCUT2D eigenvalue weighted by atomic mass is 35.5. The van der Waals surface area contributed by atoms with E-state index in [9.17, 15) is 12.8 Å². The van der Waals surface area contributed by atoms with E-state index < -0.39 is 15.8 Å². The van der Waals surface area contributed by atoms with E-state index in [-0.39, 0.29) is 9.92 Å². The summed E-state index contributed by atoms with van der Waals surface area (Å²) < 4.78 is 39.4. The predicted octanol–water partition coefficient (Wildman–Crippen LogP) is 1.37. The smallest absolute Gasteiger partial charge is 0.240 e. The van der Waals surface area contributed by atoms with Crippen molar-refractivity contribution in [3.63, 3.8) is 0 Å². The van der Waals surface area contributed by atoms with Gasteiger partial charge in [0.25, 0.3) is 0 Å². The molecule has 1 aromatic carbocycles. The standard InChI is InChI=1S/C11H14ClFN2O2S/c12-10-5-9(1-2-11(10)13)18(16,17)15-7-8-3-4-14-6-8/h1-2,5,8,14-15H,3-4,6-7H2. The summed E-state index contributed by atoms with van der Waals surface area (Å²) in [5, 5.41) is 2.97. The van der Waals surface area contributed by atoms with Crippen LogP contribution < -0.4 is 10.0 Å². The van der Waals surface area contributed by atoms with E-state index in [1.165, 1.54) is 6.07 Å². The summed E-state index contributed by atoms with van der Waals surface area (Å²) in [4.78, 5) is -0.0140. The average Bonchev–Trinajstić information content (AvgIpc) is 2.83. The number of benzene rings is 1. The van der Waals surface area contributed by atoms with Gasteiger partial charge in [0.2, 0.25) is 10.0 Å². The monoisotopic (exact) mass is 292 g/mol. The molecule has 18 heavy (non-hydrogen) atoms. The van der Waals surface area contributed by atoms with Crippen LogP contribution in [0.3, 0.4) is 0 Å². The second-order valence-electron chi connectivity index (χ2n) is 4.29. The molecular weight excluding hydrogens is 279 g/mol. The van der Waals surface area contributed by atoms with Gasteiger partial charge in [-0.1, -0.05) is 11.6 Å². The van der Waals surface area contributed by atoms with Gasteiger partial charge in [0.1, 0.15) is 5.82 Å². The van der Waals surface area contributed by atoms with Crippen molar-refractivity contribution in [2.75, 3.05) is 19.6 Å². The Hall–Kier alpha value is -0.690. The Morgan fingerprint density at radius 3 is 2.89 bits per heavy atom. The van der Waals surface area contributed by atoms with E-state index in [1.807, 2.05) is 0 Å². The fourth-order valence-corrected chi connectivity index (χ4v) is 3.23. The molecule has 1 aliphatic rings. The Morgan fingerprint density at radius 1 is 1.50 bits per heavy atom. The Morgan fingerprint density at radius 2 is 2.28 bits per heavy atom. The van der Waals surface area contributed by atoms with Crippen molar-refractivity contribution in [2.24, 2.45) is 5.92 Å². The van der Waals surface area contributed by atoms with Crippen LogP contribution in [0.15, 0.2) is 23.1 Å². The molecule has 0 amide bonds. The Labute approximate surface area is 111 Å². The van der Waals surface area contributed by atoms with E-state index in [0.29, 0.717) is 12.5 Å². The van der Waals surface area contributed by atoms with E-state index in [0.717, 1.165) is 31.6 Å². The van der Waals surface area contributed by atoms with Crippen molar-refractivity contribution < 1.29 is 12.8 Å². The second-order valence-corrected chi connectivity index (χ2v) is 6.46. The molecule has 4 nitrogen and oxygen atoms in total. The Kier molecular flexibility index (Phi) is 4.21. The number of nitrogens with one attached hydrogen (secondary N) is 2. The highest BCUT2D eigenvalue weighted by Gasteiger charge is 2.20. The summed E-state index contributed by atoms with van der Waals surface area (Å²) in [6, 6.07) is 3.37. The summed E-state index contributed by atoms with van der Waals surface area (Å²) in [5.74, 6) is -0.327. The number of halogens is 2. The first-order chi connectivity index (χ1) is 8.49. The lowest BCUT2D eigenvalue weighted by atomic mass is 10.1. The maximum atomic E-state index is 13.0. The van der Waals surface area contributed by atoms with Crippen LogP contribution in [-0.2, 0) is 10.0 Å². The third kappa shape index (κ3) is 3.20. The van der Waals surface area contributed by atoms with Crippen LogP contribution in [0.1, 0.15) is 6.42 Å². The zero-order chi connectivity index (χ0) is 13.2. The molecule has 0 spiro atoms. The lowest BCUT2D eigenvalue weighted by molar-refractivity contribution is 0.538. The molecule has 1 unspecified atom stereocenters. The molecule has 1 heterocycles. The average molecular weight is 293 g/mol. The molecular formula is C11H14ClFN2O2S. The highest BCUT2D eigenvalue weighted by molar-refractivity contribution is 7.89. The number of hydrogen-bond donors (Lipinski definition) is 2. The summed E-state index contributed by atoms with van der Waals surface area (Å²) in [5.41, 5.74) is 0. The fourth-order valence-electron chi connectivity index (χ4n) is 1.84. The lowest BCUT2D eigenvalue weighted by Crippen LogP contribution is -2.30. The summed E-state index contributed by atoms with van der Waals surface area (Å²) in [6.45, 7) is 2.10. The molecule has 100 valence electrons. The second kappa shape index (κ2) is 5.52. The zero-order valence-electron chi connectivity index (χ0n) is 9.62. The van der Waals surface area contributed by atoms with Gasteiger partial charge >= 0.3 is 0 Å². The maximum absolute atomic E-state index is 13.0. The van der Waals surface area contributed by atoms with E-state index in [4.69, 9.17) is 11.6 Å². The van der Waals surface area contributed by atoms with Crippen LogP contribution in [-0.4, -0.2) is 28.1 Å². The highest BCUT2D eigenvalue weighted by Crippen LogP contribution is 2.19. The summed E-state index contributed by atoms with van der Waals surface area (Å²) >= 11 is 5.57. The van der Waals surface area contributed by atoms with Gasteiger partial charge in [0.05, 0.1) is 9.92 Å². The number of rotatable bonds is 4. The molecule has 7 heteroatoms. The third-order valence-electron chi connectivity index (χ3n) is 2.93. The molecule has 2 rings (SSSR count). The van der Waals surface area contributed by atoms with Gasteiger partial charge in [0, 0.05) is 6.54 Å². The van der Waals surface area contributed by atoms with Crippen LogP contribution in [0.2, 0.25) is 5.02 Å². The quantitative estimate of drug-likeness (QED) is 0.881. The van der Waals surface area contributed by atoms with E-state index in [2.05, 4.69) is 10.0 Å². The van der Waals surface area contributed by atoms with Crippen molar-refractivity contribution in [2.45, 2.75) is 11.3 Å². The maximum Gasteiger partial charge on any atom is 0.240 e. The van der Waals surface area contributed by atoms with Crippen LogP contribution >= 0.6 is 11.6 Å². The minimum atomic E-state index is -3.62. The molecule has 2 N–H and O–H groups in total. The minimum Gasteiger partial charge on any atom is -0.316 e. The molecule has 1 fully saturated rings. The van der Waals surface area contributed by atoms with Crippen molar-refractivity contribution >= 4 is 21.6 Å². The largest absolute Gasteiger partial charge is 0.316 e. The van der Waals surface area contributed by atoms with Crippen LogP contribution in [0.4, 0.5) is 4.39 Å². The number of hydrogen-bond acceptors (Lipinski definition) is 3. The number of sulfonamides is 1. The zero-order valence-corrected chi connectivity index (χ0v) is 11.2. The first kappa shape index (κ1) is 13.7. The molecule has 0 aliphatic carbocycles. The van der Waals surface area contributed by atoms with Gasteiger partial charge in [-0.2, -0.15) is 0 Å². The molecule has 0 bridgehead atoms. The molecule has 0 saturated carbocycles. The van der Waals surface area contributed by atoms with Crippen molar-refractivity contribution in [3.05, 3.63) is 29.0 Å². The summed E-state index contributed by atoms with van der Waals surface area (Å²) in [6.07, 6.45) is 0.951. The summed E-state index contributed by atoms with van der Waals surface area (Å²) in [7, 11) is -3.62. The topological polar surface area (TPSA) is 58.2 Å². The SMILES string of the molecule is O=S(=O)(NCC1CCNC1)c1ccc(F)c(Cl)c1. The molecule has 1 aromatic rings. The van der Waals surface area contributed by atoms with Gasteiger partial charge in [-0.15, -0.1) is 0 Å². The van der Waals surface area contributed by atoms with Crippen molar-refractivity contribution in [1.82, 2.24) is 10.0 Å². The van der Waals surface area contributed by atoms with Gasteiger partial charge in [-0.25, -0.2) is 17.5 Å². The van der Waals surface area contributed by atoms with E-state index >= 15 is 0 Å². The van der Waals surface area contributed by atoms with E-state index in [1.54, 1.807) is 0 Å². The van der Waals surface area contributed by atoms with Gasteiger partial charge in [-0.3, -0.25) is 0 Å².